The van der Waals surface area contributed by atoms with Crippen LogP contribution in [0.25, 0.3) is 61.5 Å². The van der Waals surface area contributed by atoms with Crippen LogP contribution in [0.15, 0.2) is 194 Å². The standard InChI is InChI=1S/C48H34N2/c1-4-14-39(15-5-1)49(40-16-6-2-7-17-40)47-32-30-37(42-20-10-11-21-43(42)47)29-26-35-24-27-36(28-25-35)38-31-33-48-45(34-38)44-22-12-13-23-46(44)50(48)41-18-8-3-9-19-41/h1-34H/b29-26+/i26D,29D. The maximum absolute atomic E-state index is 9.28. The Morgan fingerprint density at radius 3 is 1.68 bits per heavy atom. The van der Waals surface area contributed by atoms with E-state index in [0.29, 0.717) is 5.56 Å². The number of rotatable bonds is 7. The minimum Gasteiger partial charge on any atom is -0.310 e. The van der Waals surface area contributed by atoms with Crippen molar-refractivity contribution >= 4 is 61.7 Å². The highest BCUT2D eigenvalue weighted by molar-refractivity contribution is 6.10. The molecule has 0 atom stereocenters. The summed E-state index contributed by atoms with van der Waals surface area (Å²) >= 11 is 0. The lowest BCUT2D eigenvalue weighted by molar-refractivity contribution is 1.18. The van der Waals surface area contributed by atoms with E-state index < -0.39 is 0 Å². The molecule has 0 aliphatic rings. The second-order valence-electron chi connectivity index (χ2n) is 12.4. The molecule has 0 unspecified atom stereocenters. The lowest BCUT2D eigenvalue weighted by Crippen LogP contribution is -2.10. The van der Waals surface area contributed by atoms with Gasteiger partial charge in [-0.2, -0.15) is 0 Å². The first kappa shape index (κ1) is 27.3. The van der Waals surface area contributed by atoms with Crippen LogP contribution >= 0.6 is 0 Å². The molecule has 50 heavy (non-hydrogen) atoms. The molecule has 236 valence electrons. The Balaban J connectivity index is 1.09. The Kier molecular flexibility index (Phi) is 6.97. The van der Waals surface area contributed by atoms with Crippen molar-refractivity contribution in [1.82, 2.24) is 4.57 Å². The summed E-state index contributed by atoms with van der Waals surface area (Å²) in [4.78, 5) is 2.25. The molecule has 1 heterocycles. The predicted molar refractivity (Wildman–Crippen MR) is 214 cm³/mol. The maximum Gasteiger partial charge on any atom is 0.0629 e. The Labute approximate surface area is 295 Å². The summed E-state index contributed by atoms with van der Waals surface area (Å²) in [5.74, 6) is 0. The molecule has 1 aromatic heterocycles. The zero-order chi connectivity index (χ0) is 35.0. The summed E-state index contributed by atoms with van der Waals surface area (Å²) in [6.07, 6.45) is 0. The Morgan fingerprint density at radius 1 is 0.420 bits per heavy atom. The van der Waals surface area contributed by atoms with Gasteiger partial charge in [0.2, 0.25) is 0 Å². The van der Waals surface area contributed by atoms with Crippen molar-refractivity contribution in [2.24, 2.45) is 0 Å². The summed E-state index contributed by atoms with van der Waals surface area (Å²) in [6, 6.07) is 67.1. The van der Waals surface area contributed by atoms with Crippen molar-refractivity contribution in [3.05, 3.63) is 205 Å². The summed E-state index contributed by atoms with van der Waals surface area (Å²) in [6.45, 7) is 0. The fourth-order valence-electron chi connectivity index (χ4n) is 7.06. The molecule has 9 rings (SSSR count). The number of hydrogen-bond donors (Lipinski definition) is 0. The molecule has 0 saturated heterocycles. The molecular weight excluding hydrogens is 605 g/mol. The van der Waals surface area contributed by atoms with E-state index in [1.807, 2.05) is 72.8 Å². The number of hydrogen-bond acceptors (Lipinski definition) is 1. The summed E-state index contributed by atoms with van der Waals surface area (Å²) in [7, 11) is 0. The van der Waals surface area contributed by atoms with Gasteiger partial charge in [0.25, 0.3) is 0 Å². The molecule has 0 aliphatic heterocycles. The molecule has 0 amide bonds. The molecule has 0 saturated carbocycles. The van der Waals surface area contributed by atoms with Gasteiger partial charge in [-0.1, -0.05) is 146 Å². The molecule has 0 spiro atoms. The average Bonchev–Trinajstić information content (AvgIpc) is 3.55. The summed E-state index contributed by atoms with van der Waals surface area (Å²) < 4.78 is 20.8. The molecule has 2 heteroatoms. The normalized spacial score (nSPS) is 12.5. The smallest absolute Gasteiger partial charge is 0.0629 e. The van der Waals surface area contributed by atoms with Crippen molar-refractivity contribution in [3.8, 4) is 16.8 Å². The van der Waals surface area contributed by atoms with Gasteiger partial charge in [-0.3, -0.25) is 0 Å². The third-order valence-electron chi connectivity index (χ3n) is 9.42. The van der Waals surface area contributed by atoms with Crippen molar-refractivity contribution in [3.63, 3.8) is 0 Å². The largest absolute Gasteiger partial charge is 0.310 e. The van der Waals surface area contributed by atoms with Crippen LogP contribution < -0.4 is 4.90 Å². The second kappa shape index (κ2) is 12.8. The minimum atomic E-state index is 0.189. The van der Waals surface area contributed by atoms with Crippen LogP contribution in [0.5, 0.6) is 0 Å². The average molecular weight is 641 g/mol. The number of anilines is 3. The molecule has 0 aliphatic carbocycles. The molecule has 0 N–H and O–H groups in total. The maximum atomic E-state index is 9.28. The first-order valence-electron chi connectivity index (χ1n) is 17.9. The number of fused-ring (bicyclic) bond motifs is 4. The Morgan fingerprint density at radius 2 is 0.980 bits per heavy atom. The van der Waals surface area contributed by atoms with Crippen molar-refractivity contribution < 1.29 is 2.74 Å². The molecule has 0 fully saturated rings. The number of benzene rings is 8. The minimum absolute atomic E-state index is 0.189. The van der Waals surface area contributed by atoms with Crippen molar-refractivity contribution in [2.75, 3.05) is 4.90 Å². The van der Waals surface area contributed by atoms with Gasteiger partial charge in [0.1, 0.15) is 0 Å². The van der Waals surface area contributed by atoms with Crippen LogP contribution in [0.4, 0.5) is 17.1 Å². The zero-order valence-corrected chi connectivity index (χ0v) is 27.4. The first-order chi connectivity index (χ1) is 25.7. The Bertz CT molecular complexity index is 2690. The number of para-hydroxylation sites is 4. The molecule has 0 radical (unpaired) electrons. The van der Waals surface area contributed by atoms with E-state index in [0.717, 1.165) is 55.7 Å². The molecule has 0 bridgehead atoms. The van der Waals surface area contributed by atoms with E-state index in [1.54, 1.807) is 0 Å². The highest BCUT2D eigenvalue weighted by Crippen LogP contribution is 2.40. The van der Waals surface area contributed by atoms with E-state index >= 15 is 0 Å². The van der Waals surface area contributed by atoms with Crippen molar-refractivity contribution in [2.45, 2.75) is 0 Å². The summed E-state index contributed by atoms with van der Waals surface area (Å²) in [5, 5.41) is 4.36. The zero-order valence-electron chi connectivity index (χ0n) is 29.4. The van der Waals surface area contributed by atoms with E-state index in [1.165, 1.54) is 16.3 Å². The van der Waals surface area contributed by atoms with Gasteiger partial charge in [0, 0.05) is 33.2 Å². The lowest BCUT2D eigenvalue weighted by atomic mass is 9.99. The quantitative estimate of drug-likeness (QED) is 0.157. The number of aromatic nitrogens is 1. The van der Waals surface area contributed by atoms with E-state index in [9.17, 15) is 2.74 Å². The lowest BCUT2D eigenvalue weighted by Gasteiger charge is -2.27. The van der Waals surface area contributed by atoms with Crippen LogP contribution in [0, 0.1) is 0 Å². The third kappa shape index (κ3) is 5.34. The monoisotopic (exact) mass is 640 g/mol. The SMILES string of the molecule is [2H]/C(=C(/[2H])c1ccc(N(c2ccccc2)c2ccccc2)c2ccccc12)c1ccc(-c2ccc3c(c2)c2ccccc2n3-c2ccccc2)cc1. The van der Waals surface area contributed by atoms with Gasteiger partial charge < -0.3 is 9.47 Å². The van der Waals surface area contributed by atoms with Crippen LogP contribution in [0.3, 0.4) is 0 Å². The molecule has 2 nitrogen and oxygen atoms in total. The van der Waals surface area contributed by atoms with Crippen LogP contribution in [0.1, 0.15) is 13.9 Å². The first-order valence-corrected chi connectivity index (χ1v) is 16.9. The van der Waals surface area contributed by atoms with Gasteiger partial charge in [0.15, 0.2) is 0 Å². The van der Waals surface area contributed by atoms with E-state index in [4.69, 9.17) is 0 Å². The van der Waals surface area contributed by atoms with Gasteiger partial charge >= 0.3 is 0 Å². The van der Waals surface area contributed by atoms with Gasteiger partial charge in [-0.15, -0.1) is 0 Å². The second-order valence-corrected chi connectivity index (χ2v) is 12.4. The highest BCUT2D eigenvalue weighted by Gasteiger charge is 2.16. The van der Waals surface area contributed by atoms with Crippen LogP contribution in [-0.4, -0.2) is 4.57 Å². The molecular formula is C48H34N2. The summed E-state index contributed by atoms with van der Waals surface area (Å²) in [5.41, 5.74) is 10.2. The number of nitrogens with zero attached hydrogens (tertiary/aromatic N) is 2. The van der Waals surface area contributed by atoms with E-state index in [2.05, 4.69) is 131 Å². The van der Waals surface area contributed by atoms with Crippen molar-refractivity contribution in [1.29, 1.82) is 0 Å². The van der Waals surface area contributed by atoms with Gasteiger partial charge in [-0.05, 0) is 88.3 Å². The van der Waals surface area contributed by atoms with Gasteiger partial charge in [-0.25, -0.2) is 0 Å². The fourth-order valence-corrected chi connectivity index (χ4v) is 7.06. The predicted octanol–water partition coefficient (Wildman–Crippen LogP) is 13.2. The van der Waals surface area contributed by atoms with E-state index in [-0.39, 0.29) is 12.1 Å². The van der Waals surface area contributed by atoms with Crippen LogP contribution in [-0.2, 0) is 0 Å². The topological polar surface area (TPSA) is 8.17 Å². The third-order valence-corrected chi connectivity index (χ3v) is 9.42. The van der Waals surface area contributed by atoms with Gasteiger partial charge in [0.05, 0.1) is 19.5 Å². The fraction of sp³-hybridized carbons (Fsp3) is 0. The van der Waals surface area contributed by atoms with Crippen LogP contribution in [0.2, 0.25) is 0 Å². The molecule has 8 aromatic carbocycles. The highest BCUT2D eigenvalue weighted by atomic mass is 15.1. The Hall–Kier alpha value is -6.64. The molecule has 9 aromatic rings.